The summed E-state index contributed by atoms with van der Waals surface area (Å²) in [7, 11) is 0. The fourth-order valence-electron chi connectivity index (χ4n) is 2.54. The van der Waals surface area contributed by atoms with E-state index in [9.17, 15) is 0 Å². The molecule has 1 N–H and O–H groups in total. The van der Waals surface area contributed by atoms with Gasteiger partial charge in [-0.3, -0.25) is 0 Å². The first-order valence-electron chi connectivity index (χ1n) is 6.54. The molecule has 88 valence electrons. The van der Waals surface area contributed by atoms with Crippen molar-refractivity contribution in [3.8, 4) is 0 Å². The smallest absolute Gasteiger partial charge is 0.00684 e. The average molecular weight is 210 g/mol. The van der Waals surface area contributed by atoms with Crippen LogP contribution in [0.25, 0.3) is 0 Å². The minimum atomic E-state index is 0.432. The molecular formula is C13H26N2. The van der Waals surface area contributed by atoms with E-state index in [1.807, 2.05) is 0 Å². The Kier molecular flexibility index (Phi) is 3.36. The highest BCUT2D eigenvalue weighted by atomic mass is 15.2. The molecule has 0 amide bonds. The fraction of sp³-hybridized carbons (Fsp3) is 1.00. The molecule has 1 saturated carbocycles. The molecule has 1 unspecified atom stereocenters. The molecule has 0 bridgehead atoms. The van der Waals surface area contributed by atoms with E-state index in [-0.39, 0.29) is 0 Å². The van der Waals surface area contributed by atoms with Crippen LogP contribution in [-0.2, 0) is 0 Å². The standard InChI is InChI=1S/C13H26N2/c1-11-5-4-8-15(11)10-13(2,3)9-14-12-6-7-12/h11-12,14H,4-10H2,1-3H3. The number of rotatable bonds is 5. The van der Waals surface area contributed by atoms with Gasteiger partial charge in [0.25, 0.3) is 0 Å². The van der Waals surface area contributed by atoms with Crippen LogP contribution >= 0.6 is 0 Å². The lowest BCUT2D eigenvalue weighted by Gasteiger charge is -2.33. The lowest BCUT2D eigenvalue weighted by molar-refractivity contribution is 0.169. The van der Waals surface area contributed by atoms with E-state index < -0.39 is 0 Å². The molecule has 1 aliphatic heterocycles. The molecular weight excluding hydrogens is 184 g/mol. The molecule has 2 nitrogen and oxygen atoms in total. The predicted molar refractivity (Wildman–Crippen MR) is 65.1 cm³/mol. The maximum atomic E-state index is 3.66. The first-order chi connectivity index (χ1) is 7.07. The van der Waals surface area contributed by atoms with E-state index in [2.05, 4.69) is 31.0 Å². The van der Waals surface area contributed by atoms with Gasteiger partial charge in [-0.25, -0.2) is 0 Å². The topological polar surface area (TPSA) is 15.3 Å². The molecule has 1 saturated heterocycles. The summed E-state index contributed by atoms with van der Waals surface area (Å²) in [5, 5.41) is 3.66. The van der Waals surface area contributed by atoms with Crippen molar-refractivity contribution in [3.63, 3.8) is 0 Å². The van der Waals surface area contributed by atoms with E-state index >= 15 is 0 Å². The van der Waals surface area contributed by atoms with Gasteiger partial charge in [-0.1, -0.05) is 13.8 Å². The molecule has 2 fully saturated rings. The summed E-state index contributed by atoms with van der Waals surface area (Å²) in [4.78, 5) is 2.66. The normalized spacial score (nSPS) is 28.6. The van der Waals surface area contributed by atoms with Gasteiger partial charge in [0.15, 0.2) is 0 Å². The Balaban J connectivity index is 1.74. The second-order valence-electron chi connectivity index (χ2n) is 6.28. The van der Waals surface area contributed by atoms with E-state index in [0.29, 0.717) is 5.41 Å². The molecule has 2 aliphatic rings. The minimum absolute atomic E-state index is 0.432. The highest BCUT2D eigenvalue weighted by Gasteiger charge is 2.29. The van der Waals surface area contributed by atoms with Crippen molar-refractivity contribution >= 4 is 0 Å². The number of nitrogens with zero attached hydrogens (tertiary/aromatic N) is 1. The second-order valence-corrected chi connectivity index (χ2v) is 6.28. The summed E-state index contributed by atoms with van der Waals surface area (Å²) >= 11 is 0. The molecule has 0 spiro atoms. The van der Waals surface area contributed by atoms with Crippen LogP contribution in [0.4, 0.5) is 0 Å². The molecule has 1 heterocycles. The van der Waals surface area contributed by atoms with Gasteiger partial charge in [0.2, 0.25) is 0 Å². The highest BCUT2D eigenvalue weighted by Crippen LogP contribution is 2.25. The zero-order valence-corrected chi connectivity index (χ0v) is 10.6. The summed E-state index contributed by atoms with van der Waals surface area (Å²) in [6.07, 6.45) is 5.59. The lowest BCUT2D eigenvalue weighted by atomic mass is 9.92. The molecule has 2 heteroatoms. The predicted octanol–water partition coefficient (Wildman–Crippen LogP) is 2.25. The van der Waals surface area contributed by atoms with Crippen molar-refractivity contribution < 1.29 is 0 Å². The van der Waals surface area contributed by atoms with Crippen LogP contribution in [0.2, 0.25) is 0 Å². The average Bonchev–Trinajstić information content (AvgIpc) is 2.90. The monoisotopic (exact) mass is 210 g/mol. The van der Waals surface area contributed by atoms with E-state index in [4.69, 9.17) is 0 Å². The third-order valence-electron chi connectivity index (χ3n) is 3.77. The van der Waals surface area contributed by atoms with E-state index in [1.165, 1.54) is 45.3 Å². The second kappa shape index (κ2) is 4.42. The molecule has 1 atom stereocenters. The molecule has 0 aromatic carbocycles. The van der Waals surface area contributed by atoms with Gasteiger partial charge in [-0.15, -0.1) is 0 Å². The largest absolute Gasteiger partial charge is 0.313 e. The van der Waals surface area contributed by atoms with Gasteiger partial charge in [0, 0.05) is 25.2 Å². The van der Waals surface area contributed by atoms with Crippen molar-refractivity contribution in [1.29, 1.82) is 0 Å². The first kappa shape index (κ1) is 11.4. The summed E-state index contributed by atoms with van der Waals surface area (Å²) in [6.45, 7) is 10.9. The first-order valence-corrected chi connectivity index (χ1v) is 6.54. The lowest BCUT2D eigenvalue weighted by Crippen LogP contribution is -2.42. The van der Waals surface area contributed by atoms with Crippen molar-refractivity contribution in [2.24, 2.45) is 5.41 Å². The van der Waals surface area contributed by atoms with Crippen molar-refractivity contribution in [1.82, 2.24) is 10.2 Å². The Morgan fingerprint density at radius 1 is 1.27 bits per heavy atom. The van der Waals surface area contributed by atoms with Gasteiger partial charge in [-0.2, -0.15) is 0 Å². The SMILES string of the molecule is CC1CCCN1CC(C)(C)CNC1CC1. The van der Waals surface area contributed by atoms with Crippen LogP contribution in [0.1, 0.15) is 46.5 Å². The summed E-state index contributed by atoms with van der Waals surface area (Å²) in [5.41, 5.74) is 0.432. The number of likely N-dealkylation sites (tertiary alicyclic amines) is 1. The maximum absolute atomic E-state index is 3.66. The quantitative estimate of drug-likeness (QED) is 0.749. The van der Waals surface area contributed by atoms with Gasteiger partial charge in [-0.05, 0) is 44.6 Å². The van der Waals surface area contributed by atoms with Crippen LogP contribution in [0.3, 0.4) is 0 Å². The third kappa shape index (κ3) is 3.46. The Morgan fingerprint density at radius 3 is 2.53 bits per heavy atom. The van der Waals surface area contributed by atoms with Crippen molar-refractivity contribution in [2.45, 2.75) is 58.5 Å². The minimum Gasteiger partial charge on any atom is -0.313 e. The molecule has 2 rings (SSSR count). The van der Waals surface area contributed by atoms with Gasteiger partial charge >= 0.3 is 0 Å². The van der Waals surface area contributed by atoms with Gasteiger partial charge < -0.3 is 10.2 Å². The van der Waals surface area contributed by atoms with Crippen molar-refractivity contribution in [2.75, 3.05) is 19.6 Å². The van der Waals surface area contributed by atoms with Gasteiger partial charge in [0.05, 0.1) is 0 Å². The molecule has 15 heavy (non-hydrogen) atoms. The maximum Gasteiger partial charge on any atom is 0.00684 e. The summed E-state index contributed by atoms with van der Waals surface area (Å²) in [6, 6.07) is 1.66. The fourth-order valence-corrected chi connectivity index (χ4v) is 2.54. The Hall–Kier alpha value is -0.0800. The van der Waals surface area contributed by atoms with E-state index in [0.717, 1.165) is 12.1 Å². The number of nitrogens with one attached hydrogen (secondary N) is 1. The Labute approximate surface area is 94.4 Å². The zero-order valence-electron chi connectivity index (χ0n) is 10.6. The molecule has 1 aliphatic carbocycles. The number of hydrogen-bond donors (Lipinski definition) is 1. The van der Waals surface area contributed by atoms with Crippen LogP contribution < -0.4 is 5.32 Å². The highest BCUT2D eigenvalue weighted by molar-refractivity contribution is 4.87. The summed E-state index contributed by atoms with van der Waals surface area (Å²) in [5.74, 6) is 0. The zero-order chi connectivity index (χ0) is 10.9. The molecule has 0 aromatic rings. The molecule has 0 aromatic heterocycles. The van der Waals surface area contributed by atoms with Crippen LogP contribution in [-0.4, -0.2) is 36.6 Å². The molecule has 0 radical (unpaired) electrons. The Bertz CT molecular complexity index is 209. The van der Waals surface area contributed by atoms with Crippen LogP contribution in [0.15, 0.2) is 0 Å². The van der Waals surface area contributed by atoms with E-state index in [1.54, 1.807) is 0 Å². The van der Waals surface area contributed by atoms with Crippen molar-refractivity contribution in [3.05, 3.63) is 0 Å². The third-order valence-corrected chi connectivity index (χ3v) is 3.77. The van der Waals surface area contributed by atoms with Crippen LogP contribution in [0, 0.1) is 5.41 Å². The summed E-state index contributed by atoms with van der Waals surface area (Å²) < 4.78 is 0. The Morgan fingerprint density at radius 2 is 2.00 bits per heavy atom. The van der Waals surface area contributed by atoms with Crippen LogP contribution in [0.5, 0.6) is 0 Å². The number of hydrogen-bond acceptors (Lipinski definition) is 2. The van der Waals surface area contributed by atoms with Gasteiger partial charge in [0.1, 0.15) is 0 Å².